The summed E-state index contributed by atoms with van der Waals surface area (Å²) in [5.41, 5.74) is 1.28. The number of rotatable bonds is 8. The summed E-state index contributed by atoms with van der Waals surface area (Å²) in [4.78, 5) is 12.0. The number of nitrogens with zero attached hydrogens (tertiary/aromatic N) is 2. The van der Waals surface area contributed by atoms with E-state index in [0.29, 0.717) is 12.3 Å². The highest BCUT2D eigenvalue weighted by atomic mass is 32.2. The smallest absolute Gasteiger partial charge is 0.329 e. The number of carboxylic acids is 1. The molecule has 0 saturated carbocycles. The number of thioether (sulfide) groups is 1. The van der Waals surface area contributed by atoms with Gasteiger partial charge in [0.1, 0.15) is 5.51 Å². The van der Waals surface area contributed by atoms with Crippen LogP contribution in [0.4, 0.5) is 0 Å². The topological polar surface area (TPSA) is 75.1 Å². The average Bonchev–Trinajstić information content (AvgIpc) is 3.02. The van der Waals surface area contributed by atoms with Gasteiger partial charge in [0.15, 0.2) is 9.88 Å². The first-order valence-electron chi connectivity index (χ1n) is 6.62. The van der Waals surface area contributed by atoms with Gasteiger partial charge in [0.2, 0.25) is 0 Å². The predicted octanol–water partition coefficient (Wildman–Crippen LogP) is 2.61. The summed E-state index contributed by atoms with van der Waals surface area (Å²) in [5, 5.41) is 20.8. The van der Waals surface area contributed by atoms with Gasteiger partial charge in [-0.1, -0.05) is 60.4 Å². The monoisotopic (exact) mass is 323 g/mol. The lowest BCUT2D eigenvalue weighted by Gasteiger charge is -2.30. The van der Waals surface area contributed by atoms with Crippen molar-refractivity contribution in [3.63, 3.8) is 0 Å². The van der Waals surface area contributed by atoms with E-state index in [1.54, 1.807) is 5.51 Å². The van der Waals surface area contributed by atoms with E-state index >= 15 is 0 Å². The standard InChI is InChI=1S/C14H17N3O2S2/c1-2-8-15-14(12(18)19,11-6-4-3-5-7-11)9-20-13-17-16-10-21-13/h3-7,10,15H,2,8-9H2,1H3,(H,18,19). The Labute approximate surface area is 131 Å². The average molecular weight is 323 g/mol. The highest BCUT2D eigenvalue weighted by Crippen LogP contribution is 2.31. The fourth-order valence-corrected chi connectivity index (χ4v) is 3.65. The van der Waals surface area contributed by atoms with E-state index in [-0.39, 0.29) is 0 Å². The van der Waals surface area contributed by atoms with Crippen LogP contribution in [0, 0.1) is 0 Å². The number of hydrogen-bond acceptors (Lipinski definition) is 6. The summed E-state index contributed by atoms with van der Waals surface area (Å²) in [5.74, 6) is -0.513. The molecule has 0 bridgehead atoms. The number of carbonyl (C=O) groups is 1. The molecule has 2 rings (SSSR count). The van der Waals surface area contributed by atoms with Gasteiger partial charge < -0.3 is 5.11 Å². The number of aliphatic carboxylic acids is 1. The highest BCUT2D eigenvalue weighted by molar-refractivity contribution is 8.01. The van der Waals surface area contributed by atoms with Crippen molar-refractivity contribution in [3.8, 4) is 0 Å². The molecule has 0 amide bonds. The Morgan fingerprint density at radius 3 is 2.76 bits per heavy atom. The molecule has 0 saturated heterocycles. The second-order valence-corrected chi connectivity index (χ2v) is 6.55. The van der Waals surface area contributed by atoms with Gasteiger partial charge in [0, 0.05) is 5.75 Å². The van der Waals surface area contributed by atoms with Crippen molar-refractivity contribution in [2.75, 3.05) is 12.3 Å². The molecule has 5 nitrogen and oxygen atoms in total. The molecule has 0 spiro atoms. The zero-order chi connectivity index (χ0) is 15.1. The minimum Gasteiger partial charge on any atom is -0.480 e. The summed E-state index contributed by atoms with van der Waals surface area (Å²) >= 11 is 2.82. The van der Waals surface area contributed by atoms with E-state index in [1.165, 1.54) is 23.1 Å². The molecule has 0 aliphatic rings. The number of aromatic nitrogens is 2. The van der Waals surface area contributed by atoms with Gasteiger partial charge in [-0.05, 0) is 18.5 Å². The Balaban J connectivity index is 2.28. The first-order valence-corrected chi connectivity index (χ1v) is 8.48. The quantitative estimate of drug-likeness (QED) is 0.727. The molecule has 0 aliphatic carbocycles. The lowest BCUT2D eigenvalue weighted by molar-refractivity contribution is -0.144. The van der Waals surface area contributed by atoms with Crippen LogP contribution in [0.15, 0.2) is 40.2 Å². The molecule has 1 aromatic heterocycles. The third-order valence-electron chi connectivity index (χ3n) is 3.06. The Hall–Kier alpha value is -1.44. The van der Waals surface area contributed by atoms with Crippen LogP contribution >= 0.6 is 23.1 Å². The SMILES string of the molecule is CCCNC(CSc1nncs1)(C(=O)O)c1ccccc1. The highest BCUT2D eigenvalue weighted by Gasteiger charge is 2.40. The van der Waals surface area contributed by atoms with E-state index in [2.05, 4.69) is 15.5 Å². The fraction of sp³-hybridized carbons (Fsp3) is 0.357. The van der Waals surface area contributed by atoms with Crippen LogP contribution in [0.1, 0.15) is 18.9 Å². The molecular formula is C14H17N3O2S2. The maximum absolute atomic E-state index is 12.0. The van der Waals surface area contributed by atoms with Gasteiger partial charge >= 0.3 is 5.97 Å². The van der Waals surface area contributed by atoms with Crippen molar-refractivity contribution in [3.05, 3.63) is 41.4 Å². The molecule has 112 valence electrons. The summed E-state index contributed by atoms with van der Waals surface area (Å²) in [6.07, 6.45) is 0.866. The van der Waals surface area contributed by atoms with Crippen LogP contribution < -0.4 is 5.32 Å². The maximum Gasteiger partial charge on any atom is 0.329 e. The molecule has 21 heavy (non-hydrogen) atoms. The zero-order valence-corrected chi connectivity index (χ0v) is 13.3. The van der Waals surface area contributed by atoms with Crippen LogP contribution in [0.5, 0.6) is 0 Å². The van der Waals surface area contributed by atoms with Gasteiger partial charge in [-0.15, -0.1) is 10.2 Å². The molecule has 0 fully saturated rings. The van der Waals surface area contributed by atoms with Gasteiger partial charge in [-0.3, -0.25) is 5.32 Å². The van der Waals surface area contributed by atoms with Gasteiger partial charge in [-0.2, -0.15) is 0 Å². The number of benzene rings is 1. The van der Waals surface area contributed by atoms with Crippen LogP contribution in [0.2, 0.25) is 0 Å². The maximum atomic E-state index is 12.0. The second-order valence-electron chi connectivity index (χ2n) is 4.50. The number of hydrogen-bond donors (Lipinski definition) is 2. The third kappa shape index (κ3) is 3.81. The molecule has 7 heteroatoms. The summed E-state index contributed by atoms with van der Waals surface area (Å²) in [6, 6.07) is 9.29. The fourth-order valence-electron chi connectivity index (χ4n) is 1.95. The van der Waals surface area contributed by atoms with Crippen LogP contribution in [-0.4, -0.2) is 33.6 Å². The Morgan fingerprint density at radius 1 is 1.43 bits per heavy atom. The van der Waals surface area contributed by atoms with E-state index in [1.807, 2.05) is 37.3 Å². The molecule has 0 aliphatic heterocycles. The van der Waals surface area contributed by atoms with Crippen molar-refractivity contribution >= 4 is 29.1 Å². The van der Waals surface area contributed by atoms with Gasteiger partial charge in [0.05, 0.1) is 0 Å². The first-order chi connectivity index (χ1) is 10.2. The summed E-state index contributed by atoms with van der Waals surface area (Å²) in [7, 11) is 0. The van der Waals surface area contributed by atoms with Crippen molar-refractivity contribution in [1.29, 1.82) is 0 Å². The zero-order valence-electron chi connectivity index (χ0n) is 11.7. The Bertz CT molecular complexity index is 563. The lowest BCUT2D eigenvalue weighted by Crippen LogP contribution is -2.51. The minimum absolute atomic E-state index is 0.363. The van der Waals surface area contributed by atoms with E-state index in [9.17, 15) is 9.90 Å². The molecule has 2 N–H and O–H groups in total. The summed E-state index contributed by atoms with van der Waals surface area (Å²) in [6.45, 7) is 2.65. The molecule has 1 unspecified atom stereocenters. The molecule has 1 aromatic carbocycles. The van der Waals surface area contributed by atoms with Gasteiger partial charge in [-0.25, -0.2) is 4.79 Å². The lowest BCUT2D eigenvalue weighted by atomic mass is 9.91. The van der Waals surface area contributed by atoms with E-state index in [4.69, 9.17) is 0 Å². The normalized spacial score (nSPS) is 13.8. The van der Waals surface area contributed by atoms with Gasteiger partial charge in [0.25, 0.3) is 0 Å². The first kappa shape index (κ1) is 15.9. The van der Waals surface area contributed by atoms with Crippen molar-refractivity contribution in [2.45, 2.75) is 23.2 Å². The third-order valence-corrected chi connectivity index (χ3v) is 5.09. The number of carboxylic acid groups (broad SMARTS) is 1. The number of nitrogens with one attached hydrogen (secondary N) is 1. The van der Waals surface area contributed by atoms with E-state index < -0.39 is 11.5 Å². The Kier molecular flexibility index (Phi) is 5.72. The van der Waals surface area contributed by atoms with Crippen LogP contribution in [0.25, 0.3) is 0 Å². The molecular weight excluding hydrogens is 306 g/mol. The van der Waals surface area contributed by atoms with Crippen LogP contribution in [0.3, 0.4) is 0 Å². The largest absolute Gasteiger partial charge is 0.480 e. The van der Waals surface area contributed by atoms with Crippen molar-refractivity contribution in [1.82, 2.24) is 15.5 Å². The molecule has 1 heterocycles. The van der Waals surface area contributed by atoms with E-state index in [0.717, 1.165) is 16.3 Å². The summed E-state index contributed by atoms with van der Waals surface area (Å²) < 4.78 is 0.773. The predicted molar refractivity (Wildman–Crippen MR) is 84.7 cm³/mol. The second kappa shape index (κ2) is 7.53. The Morgan fingerprint density at radius 2 is 2.19 bits per heavy atom. The van der Waals surface area contributed by atoms with Crippen molar-refractivity contribution < 1.29 is 9.90 Å². The molecule has 1 atom stereocenters. The minimum atomic E-state index is -1.12. The molecule has 2 aromatic rings. The van der Waals surface area contributed by atoms with Crippen LogP contribution in [-0.2, 0) is 10.3 Å². The molecule has 0 radical (unpaired) electrons. The van der Waals surface area contributed by atoms with Crippen molar-refractivity contribution in [2.24, 2.45) is 0 Å².